The van der Waals surface area contributed by atoms with E-state index in [1.807, 2.05) is 4.68 Å². The van der Waals surface area contributed by atoms with Crippen LogP contribution in [0.1, 0.15) is 52.1 Å². The van der Waals surface area contributed by atoms with E-state index in [1.165, 1.54) is 16.8 Å². The summed E-state index contributed by atoms with van der Waals surface area (Å²) in [5, 5.41) is 11.4. The third kappa shape index (κ3) is 3.96. The molecule has 156 valence electrons. The van der Waals surface area contributed by atoms with Gasteiger partial charge in [0.05, 0.1) is 12.3 Å². The Morgan fingerprint density at radius 1 is 1.28 bits per heavy atom. The Kier molecular flexibility index (Phi) is 5.74. The number of carbonyl (C=O) groups excluding carboxylic acids is 1. The second-order valence-corrected chi connectivity index (χ2v) is 8.69. The zero-order valence-corrected chi connectivity index (χ0v) is 17.8. The minimum atomic E-state index is -0.0549. The van der Waals surface area contributed by atoms with E-state index in [4.69, 9.17) is 9.84 Å². The van der Waals surface area contributed by atoms with Crippen molar-refractivity contribution in [1.82, 2.24) is 20.4 Å². The molecule has 0 saturated carbocycles. The van der Waals surface area contributed by atoms with Crippen LogP contribution in [0.4, 0.5) is 0 Å². The molecule has 0 atom stereocenters. The summed E-state index contributed by atoms with van der Waals surface area (Å²) in [6.07, 6.45) is 5.00. The molecule has 6 nitrogen and oxygen atoms in total. The molecule has 2 aliphatic rings. The minimum absolute atomic E-state index is 0.00887. The molecule has 29 heavy (non-hydrogen) atoms. The van der Waals surface area contributed by atoms with E-state index >= 15 is 0 Å². The summed E-state index contributed by atoms with van der Waals surface area (Å²) in [4.78, 5) is 13.1. The molecular weight excluding hydrogens is 364 g/mol. The Morgan fingerprint density at radius 2 is 2.07 bits per heavy atom. The van der Waals surface area contributed by atoms with E-state index in [-0.39, 0.29) is 11.3 Å². The molecule has 2 aromatic rings. The highest BCUT2D eigenvalue weighted by Crippen LogP contribution is 2.31. The number of methoxy groups -OCH3 is 1. The zero-order chi connectivity index (χ0) is 20.4. The van der Waals surface area contributed by atoms with Gasteiger partial charge in [0.25, 0.3) is 5.91 Å². The van der Waals surface area contributed by atoms with Gasteiger partial charge in [-0.25, -0.2) is 4.68 Å². The zero-order valence-electron chi connectivity index (χ0n) is 17.8. The van der Waals surface area contributed by atoms with Crippen LogP contribution in [0.3, 0.4) is 0 Å². The van der Waals surface area contributed by atoms with Crippen molar-refractivity contribution in [1.29, 1.82) is 0 Å². The van der Waals surface area contributed by atoms with Crippen molar-refractivity contribution in [2.45, 2.75) is 46.0 Å². The van der Waals surface area contributed by atoms with Gasteiger partial charge in [0.15, 0.2) is 5.69 Å². The number of nitrogens with zero attached hydrogens (tertiary/aromatic N) is 2. The molecule has 1 fully saturated rings. The summed E-state index contributed by atoms with van der Waals surface area (Å²) in [5.74, 6) is -0.0549. The Bertz CT molecular complexity index is 891. The van der Waals surface area contributed by atoms with Gasteiger partial charge in [0.1, 0.15) is 0 Å². The SMILES string of the molecule is COCC1(CNC(=O)c2nn(-c3ccc(C)cc3C)c3c2CCC3)CCNCC1. The number of ether oxygens (including phenoxy) is 1. The van der Waals surface area contributed by atoms with Crippen molar-refractivity contribution >= 4 is 5.91 Å². The largest absolute Gasteiger partial charge is 0.384 e. The van der Waals surface area contributed by atoms with Gasteiger partial charge in [-0.1, -0.05) is 17.7 Å². The molecular formula is C23H32N4O2. The number of aromatic nitrogens is 2. The van der Waals surface area contributed by atoms with E-state index in [0.29, 0.717) is 18.8 Å². The summed E-state index contributed by atoms with van der Waals surface area (Å²) in [5.41, 5.74) is 6.40. The molecule has 2 heterocycles. The maximum atomic E-state index is 13.1. The number of hydrogen-bond donors (Lipinski definition) is 2. The van der Waals surface area contributed by atoms with Crippen molar-refractivity contribution in [3.63, 3.8) is 0 Å². The van der Waals surface area contributed by atoms with Crippen LogP contribution in [0.25, 0.3) is 5.69 Å². The van der Waals surface area contributed by atoms with Crippen LogP contribution >= 0.6 is 0 Å². The monoisotopic (exact) mass is 396 g/mol. The lowest BCUT2D eigenvalue weighted by Crippen LogP contribution is -2.47. The van der Waals surface area contributed by atoms with Crippen LogP contribution < -0.4 is 10.6 Å². The number of rotatable bonds is 6. The third-order valence-corrected chi connectivity index (χ3v) is 6.46. The van der Waals surface area contributed by atoms with Crippen molar-refractivity contribution in [3.8, 4) is 5.69 Å². The van der Waals surface area contributed by atoms with Crippen LogP contribution in [0, 0.1) is 19.3 Å². The molecule has 4 rings (SSSR count). The number of fused-ring (bicyclic) bond motifs is 1. The number of benzene rings is 1. The number of carbonyl (C=O) groups is 1. The Balaban J connectivity index is 1.58. The Hall–Kier alpha value is -2.18. The molecule has 1 aromatic carbocycles. The van der Waals surface area contributed by atoms with Gasteiger partial charge in [-0.05, 0) is 70.7 Å². The predicted molar refractivity (Wildman–Crippen MR) is 114 cm³/mol. The smallest absolute Gasteiger partial charge is 0.272 e. The molecule has 1 aliphatic carbocycles. The van der Waals surface area contributed by atoms with Crippen molar-refractivity contribution in [2.75, 3.05) is 33.4 Å². The first-order valence-electron chi connectivity index (χ1n) is 10.7. The average Bonchev–Trinajstić information content (AvgIpc) is 3.30. The van der Waals surface area contributed by atoms with Gasteiger partial charge in [-0.15, -0.1) is 0 Å². The first-order chi connectivity index (χ1) is 14.0. The Morgan fingerprint density at radius 3 is 2.79 bits per heavy atom. The number of aryl methyl sites for hydroxylation is 2. The minimum Gasteiger partial charge on any atom is -0.384 e. The second kappa shape index (κ2) is 8.28. The topological polar surface area (TPSA) is 68.2 Å². The van der Waals surface area contributed by atoms with Gasteiger partial charge < -0.3 is 15.4 Å². The van der Waals surface area contributed by atoms with Crippen molar-refractivity contribution < 1.29 is 9.53 Å². The highest BCUT2D eigenvalue weighted by atomic mass is 16.5. The molecule has 0 spiro atoms. The molecule has 1 saturated heterocycles. The van der Waals surface area contributed by atoms with Crippen LogP contribution in [-0.2, 0) is 17.6 Å². The van der Waals surface area contributed by atoms with E-state index in [2.05, 4.69) is 42.7 Å². The molecule has 0 radical (unpaired) electrons. The lowest BCUT2D eigenvalue weighted by Gasteiger charge is -2.37. The molecule has 0 bridgehead atoms. The van der Waals surface area contributed by atoms with E-state index < -0.39 is 0 Å². The lowest BCUT2D eigenvalue weighted by atomic mass is 9.79. The van der Waals surface area contributed by atoms with Gasteiger partial charge in [-0.2, -0.15) is 5.10 Å². The van der Waals surface area contributed by atoms with Gasteiger partial charge in [0.2, 0.25) is 0 Å². The highest BCUT2D eigenvalue weighted by Gasteiger charge is 2.34. The summed E-state index contributed by atoms with van der Waals surface area (Å²) >= 11 is 0. The quantitative estimate of drug-likeness (QED) is 0.788. The van der Waals surface area contributed by atoms with Gasteiger partial charge >= 0.3 is 0 Å². The van der Waals surface area contributed by atoms with Crippen LogP contribution in [0.2, 0.25) is 0 Å². The number of hydrogen-bond acceptors (Lipinski definition) is 4. The van der Waals surface area contributed by atoms with E-state index in [9.17, 15) is 4.79 Å². The van der Waals surface area contributed by atoms with Crippen LogP contribution in [0.15, 0.2) is 18.2 Å². The van der Waals surface area contributed by atoms with Gasteiger partial charge in [0, 0.05) is 30.3 Å². The molecule has 2 N–H and O–H groups in total. The van der Waals surface area contributed by atoms with Crippen molar-refractivity contribution in [2.24, 2.45) is 5.41 Å². The number of nitrogens with one attached hydrogen (secondary N) is 2. The van der Waals surface area contributed by atoms with Gasteiger partial charge in [-0.3, -0.25) is 4.79 Å². The van der Waals surface area contributed by atoms with Crippen molar-refractivity contribution in [3.05, 3.63) is 46.3 Å². The normalized spacial score (nSPS) is 17.9. The summed E-state index contributed by atoms with van der Waals surface area (Å²) < 4.78 is 7.48. The van der Waals surface area contributed by atoms with Crippen LogP contribution in [0.5, 0.6) is 0 Å². The molecule has 0 unspecified atom stereocenters. The number of amides is 1. The standard InChI is InChI=1S/C23H32N4O2/c1-16-7-8-19(17(2)13-16)27-20-6-4-5-18(20)21(26-27)22(28)25-14-23(15-29-3)9-11-24-12-10-23/h7-8,13,24H,4-6,9-12,14-15H2,1-3H3,(H,25,28). The lowest BCUT2D eigenvalue weighted by molar-refractivity contribution is 0.0510. The maximum absolute atomic E-state index is 13.1. The van der Waals surface area contributed by atoms with E-state index in [1.54, 1.807) is 7.11 Å². The summed E-state index contributed by atoms with van der Waals surface area (Å²) in [6, 6.07) is 6.39. The molecule has 1 amide bonds. The average molecular weight is 397 g/mol. The fourth-order valence-electron chi connectivity index (χ4n) is 4.85. The molecule has 1 aliphatic heterocycles. The molecule has 1 aromatic heterocycles. The fourth-order valence-corrected chi connectivity index (χ4v) is 4.85. The number of piperidine rings is 1. The fraction of sp³-hybridized carbons (Fsp3) is 0.565. The maximum Gasteiger partial charge on any atom is 0.272 e. The second-order valence-electron chi connectivity index (χ2n) is 8.69. The Labute approximate surface area is 173 Å². The predicted octanol–water partition coefficient (Wildman–Crippen LogP) is 2.72. The first kappa shape index (κ1) is 20.1. The highest BCUT2D eigenvalue weighted by molar-refractivity contribution is 5.94. The van der Waals surface area contributed by atoms with E-state index in [0.717, 1.165) is 56.4 Å². The first-order valence-corrected chi connectivity index (χ1v) is 10.7. The third-order valence-electron chi connectivity index (χ3n) is 6.46. The van der Waals surface area contributed by atoms with Crippen LogP contribution in [-0.4, -0.2) is 49.0 Å². The summed E-state index contributed by atoms with van der Waals surface area (Å²) in [6.45, 7) is 7.44. The summed E-state index contributed by atoms with van der Waals surface area (Å²) in [7, 11) is 1.74. The molecule has 6 heteroatoms.